The normalized spacial score (nSPS) is 11.9. The van der Waals surface area contributed by atoms with Gasteiger partial charge in [0.05, 0.1) is 10.6 Å². The van der Waals surface area contributed by atoms with Crippen LogP contribution in [0.4, 0.5) is 10.1 Å². The quantitative estimate of drug-likeness (QED) is 0.219. The van der Waals surface area contributed by atoms with Crippen molar-refractivity contribution in [3.8, 4) is 0 Å². The van der Waals surface area contributed by atoms with Crippen LogP contribution >= 0.6 is 0 Å². The lowest BCUT2D eigenvalue weighted by atomic mass is 10.0. The molecule has 0 fully saturated rings. The summed E-state index contributed by atoms with van der Waals surface area (Å²) in [5.41, 5.74) is 2.82. The highest BCUT2D eigenvalue weighted by molar-refractivity contribution is 7.92. The molecule has 2 amide bonds. The fourth-order valence-electron chi connectivity index (χ4n) is 4.67. The number of hydrogen-bond acceptors (Lipinski definition) is 4. The second kappa shape index (κ2) is 14.6. The number of rotatable bonds is 13. The Bertz CT molecular complexity index is 1600. The first-order valence-corrected chi connectivity index (χ1v) is 15.6. The predicted octanol–water partition coefficient (Wildman–Crippen LogP) is 5.50. The van der Waals surface area contributed by atoms with Crippen molar-refractivity contribution >= 4 is 27.5 Å². The van der Waals surface area contributed by atoms with Crippen molar-refractivity contribution in [1.29, 1.82) is 0 Å². The molecule has 1 N–H and O–H groups in total. The zero-order chi connectivity index (χ0) is 30.8. The Morgan fingerprint density at radius 1 is 0.814 bits per heavy atom. The zero-order valence-electron chi connectivity index (χ0n) is 24.3. The van der Waals surface area contributed by atoms with Crippen LogP contribution in [-0.4, -0.2) is 44.3 Å². The van der Waals surface area contributed by atoms with Crippen LogP contribution in [0.1, 0.15) is 30.0 Å². The number of carbonyl (C=O) groups is 2. The number of amides is 2. The first-order valence-electron chi connectivity index (χ1n) is 14.2. The molecular formula is C34H36FN3O4S. The average Bonchev–Trinajstić information content (AvgIpc) is 3.02. The lowest BCUT2D eigenvalue weighted by Crippen LogP contribution is -2.53. The maximum atomic E-state index is 14.3. The highest BCUT2D eigenvalue weighted by Crippen LogP contribution is 2.25. The van der Waals surface area contributed by atoms with Crippen LogP contribution in [0.25, 0.3) is 0 Å². The van der Waals surface area contributed by atoms with Crippen LogP contribution in [0.5, 0.6) is 0 Å². The molecule has 1 unspecified atom stereocenters. The number of benzene rings is 4. The van der Waals surface area contributed by atoms with E-state index in [9.17, 15) is 22.4 Å². The number of anilines is 1. The van der Waals surface area contributed by atoms with Crippen molar-refractivity contribution in [2.24, 2.45) is 0 Å². The third-order valence-corrected chi connectivity index (χ3v) is 8.81. The third kappa shape index (κ3) is 8.29. The van der Waals surface area contributed by atoms with Gasteiger partial charge in [-0.2, -0.15) is 0 Å². The molecule has 1 atom stereocenters. The summed E-state index contributed by atoms with van der Waals surface area (Å²) >= 11 is 0. The zero-order valence-corrected chi connectivity index (χ0v) is 25.1. The molecule has 0 heterocycles. The van der Waals surface area contributed by atoms with Crippen LogP contribution in [0.15, 0.2) is 114 Å². The van der Waals surface area contributed by atoms with Crippen LogP contribution < -0.4 is 9.62 Å². The molecule has 0 bridgehead atoms. The molecule has 4 aromatic carbocycles. The molecule has 4 aromatic rings. The van der Waals surface area contributed by atoms with E-state index >= 15 is 0 Å². The van der Waals surface area contributed by atoms with E-state index in [0.29, 0.717) is 13.0 Å². The number of nitrogens with one attached hydrogen (secondary N) is 1. The maximum Gasteiger partial charge on any atom is 0.264 e. The Labute approximate surface area is 253 Å². The highest BCUT2D eigenvalue weighted by Gasteiger charge is 2.34. The van der Waals surface area contributed by atoms with E-state index in [1.165, 1.54) is 29.2 Å². The van der Waals surface area contributed by atoms with E-state index < -0.39 is 34.3 Å². The van der Waals surface area contributed by atoms with Crippen molar-refractivity contribution in [2.45, 2.75) is 44.2 Å². The summed E-state index contributed by atoms with van der Waals surface area (Å²) in [7, 11) is -4.23. The number of carbonyl (C=O) groups excluding carboxylic acids is 2. The minimum atomic E-state index is -4.23. The van der Waals surface area contributed by atoms with Gasteiger partial charge in [-0.3, -0.25) is 13.9 Å². The van der Waals surface area contributed by atoms with Gasteiger partial charge < -0.3 is 10.2 Å². The van der Waals surface area contributed by atoms with Gasteiger partial charge in [0.2, 0.25) is 11.8 Å². The van der Waals surface area contributed by atoms with Crippen molar-refractivity contribution in [2.75, 3.05) is 17.4 Å². The molecule has 43 heavy (non-hydrogen) atoms. The van der Waals surface area contributed by atoms with Gasteiger partial charge in [0, 0.05) is 19.5 Å². The van der Waals surface area contributed by atoms with Crippen molar-refractivity contribution in [3.05, 3.63) is 132 Å². The standard InChI is InChI=1S/C34H36FN3O4S/c1-3-22-36-34(40)32(23-27-10-6-4-7-11-27)37(24-28-16-14-26(2)15-17-28)33(39)25-38(30-20-18-29(35)19-21-30)43(41,42)31-12-8-5-9-13-31/h4-21,32H,3,22-25H2,1-2H3,(H,36,40). The Morgan fingerprint density at radius 3 is 2.02 bits per heavy atom. The minimum Gasteiger partial charge on any atom is -0.354 e. The van der Waals surface area contributed by atoms with Crippen LogP contribution in [0.3, 0.4) is 0 Å². The Hall–Kier alpha value is -4.50. The molecule has 0 aliphatic rings. The van der Waals surface area contributed by atoms with Crippen LogP contribution in [0.2, 0.25) is 0 Å². The number of halogens is 1. The summed E-state index contributed by atoms with van der Waals surface area (Å²) in [5, 5.41) is 2.92. The molecule has 4 rings (SSSR count). The SMILES string of the molecule is CCCNC(=O)C(Cc1ccccc1)N(Cc1ccc(C)cc1)C(=O)CN(c1ccc(F)cc1)S(=O)(=O)c1ccccc1. The van der Waals surface area contributed by atoms with Gasteiger partial charge in [-0.25, -0.2) is 12.8 Å². The molecule has 9 heteroatoms. The van der Waals surface area contributed by atoms with Crippen molar-refractivity contribution in [1.82, 2.24) is 10.2 Å². The highest BCUT2D eigenvalue weighted by atomic mass is 32.2. The molecule has 0 aliphatic carbocycles. The van der Waals surface area contributed by atoms with Gasteiger partial charge in [0.1, 0.15) is 18.4 Å². The summed E-state index contributed by atoms with van der Waals surface area (Å²) in [6.07, 6.45) is 0.944. The molecule has 0 aliphatic heterocycles. The van der Waals surface area contributed by atoms with Gasteiger partial charge in [-0.1, -0.05) is 85.3 Å². The molecule has 0 saturated carbocycles. The van der Waals surface area contributed by atoms with Crippen molar-refractivity contribution < 1.29 is 22.4 Å². The Balaban J connectivity index is 1.78. The number of aryl methyl sites for hydroxylation is 1. The van der Waals surface area contributed by atoms with Gasteiger partial charge in [0.15, 0.2) is 0 Å². The first-order chi connectivity index (χ1) is 20.7. The second-order valence-corrected chi connectivity index (χ2v) is 12.2. The van der Waals surface area contributed by atoms with Crippen molar-refractivity contribution in [3.63, 3.8) is 0 Å². The maximum absolute atomic E-state index is 14.3. The van der Waals surface area contributed by atoms with E-state index in [2.05, 4.69) is 5.32 Å². The average molecular weight is 602 g/mol. The molecule has 0 aromatic heterocycles. The first kappa shape index (κ1) is 31.4. The fourth-order valence-corrected chi connectivity index (χ4v) is 6.10. The largest absolute Gasteiger partial charge is 0.354 e. The van der Waals surface area contributed by atoms with Gasteiger partial charge in [-0.05, 0) is 60.9 Å². The Kier molecular flexibility index (Phi) is 10.7. The van der Waals surface area contributed by atoms with Gasteiger partial charge in [0.25, 0.3) is 10.0 Å². The van der Waals surface area contributed by atoms with Crippen LogP contribution in [0, 0.1) is 12.7 Å². The molecule has 0 spiro atoms. The van der Waals surface area contributed by atoms with E-state index in [0.717, 1.165) is 33.1 Å². The van der Waals surface area contributed by atoms with E-state index in [4.69, 9.17) is 0 Å². The van der Waals surface area contributed by atoms with E-state index in [1.807, 2.05) is 68.4 Å². The summed E-state index contributed by atoms with van der Waals surface area (Å²) in [5.74, 6) is -1.44. The lowest BCUT2D eigenvalue weighted by Gasteiger charge is -2.34. The number of hydrogen-bond donors (Lipinski definition) is 1. The lowest BCUT2D eigenvalue weighted by molar-refractivity contribution is -0.140. The molecule has 0 radical (unpaired) electrons. The molecule has 7 nitrogen and oxygen atoms in total. The topological polar surface area (TPSA) is 86.8 Å². The monoisotopic (exact) mass is 601 g/mol. The summed E-state index contributed by atoms with van der Waals surface area (Å²) in [6, 6.07) is 28.8. The fraction of sp³-hybridized carbons (Fsp3) is 0.235. The van der Waals surface area contributed by atoms with E-state index in [-0.39, 0.29) is 29.5 Å². The Morgan fingerprint density at radius 2 is 1.42 bits per heavy atom. The third-order valence-electron chi connectivity index (χ3n) is 7.02. The molecular weight excluding hydrogens is 565 g/mol. The summed E-state index contributed by atoms with van der Waals surface area (Å²) in [4.78, 5) is 29.4. The second-order valence-electron chi connectivity index (χ2n) is 10.3. The van der Waals surface area contributed by atoms with Crippen LogP contribution in [-0.2, 0) is 32.6 Å². The smallest absolute Gasteiger partial charge is 0.264 e. The van der Waals surface area contributed by atoms with Gasteiger partial charge >= 0.3 is 0 Å². The summed E-state index contributed by atoms with van der Waals surface area (Å²) < 4.78 is 42.6. The summed E-state index contributed by atoms with van der Waals surface area (Å²) in [6.45, 7) is 3.81. The van der Waals surface area contributed by atoms with E-state index in [1.54, 1.807) is 18.2 Å². The number of nitrogens with zero attached hydrogens (tertiary/aromatic N) is 2. The molecule has 224 valence electrons. The molecule has 0 saturated heterocycles. The number of sulfonamides is 1. The van der Waals surface area contributed by atoms with Gasteiger partial charge in [-0.15, -0.1) is 0 Å². The minimum absolute atomic E-state index is 0.0151. The predicted molar refractivity (Wildman–Crippen MR) is 166 cm³/mol.